The quantitative estimate of drug-likeness (QED) is 0.834. The van der Waals surface area contributed by atoms with Gasteiger partial charge >= 0.3 is 0 Å². The number of aryl methyl sites for hydroxylation is 1. The highest BCUT2D eigenvalue weighted by molar-refractivity contribution is 7.85. The first-order chi connectivity index (χ1) is 9.06. The largest absolute Gasteiger partial charge is 0.398 e. The van der Waals surface area contributed by atoms with Gasteiger partial charge in [-0.3, -0.25) is 9.11 Å². The number of anilines is 1. The van der Waals surface area contributed by atoms with E-state index in [1.54, 1.807) is 0 Å². The van der Waals surface area contributed by atoms with Crippen LogP contribution >= 0.6 is 0 Å². The van der Waals surface area contributed by atoms with Crippen LogP contribution < -0.4 is 5.73 Å². The highest BCUT2D eigenvalue weighted by Gasteiger charge is 2.15. The second kappa shape index (κ2) is 6.50. The molecule has 1 aromatic rings. The van der Waals surface area contributed by atoms with Crippen molar-refractivity contribution < 1.29 is 4.21 Å². The predicted molar refractivity (Wildman–Crippen MR) is 80.8 cm³/mol. The van der Waals surface area contributed by atoms with E-state index < -0.39 is 10.8 Å². The zero-order valence-electron chi connectivity index (χ0n) is 11.8. The zero-order valence-corrected chi connectivity index (χ0v) is 12.6. The van der Waals surface area contributed by atoms with Crippen molar-refractivity contribution in [3.05, 3.63) is 23.8 Å². The number of hydrogen-bond acceptors (Lipinski definition) is 4. The summed E-state index contributed by atoms with van der Waals surface area (Å²) in [4.78, 5) is 5.49. The Bertz CT molecular complexity index is 456. The maximum Gasteiger partial charge on any atom is 0.0620 e. The molecule has 0 aliphatic carbocycles. The smallest absolute Gasteiger partial charge is 0.0620 e. The molecule has 4 nitrogen and oxygen atoms in total. The van der Waals surface area contributed by atoms with Gasteiger partial charge in [-0.05, 0) is 31.7 Å². The molecule has 1 unspecified atom stereocenters. The summed E-state index contributed by atoms with van der Waals surface area (Å²) in [5.74, 6) is 0.664. The van der Waals surface area contributed by atoms with Gasteiger partial charge in [0.15, 0.2) is 0 Å². The number of nitrogens with two attached hydrogens (primary N) is 1. The van der Waals surface area contributed by atoms with Crippen molar-refractivity contribution in [1.82, 2.24) is 9.80 Å². The minimum atomic E-state index is -0.996. The van der Waals surface area contributed by atoms with Crippen molar-refractivity contribution in [2.45, 2.75) is 11.8 Å². The Labute approximate surface area is 118 Å². The van der Waals surface area contributed by atoms with Gasteiger partial charge in [0.1, 0.15) is 0 Å². The molecular weight excluding hydrogens is 258 g/mol. The van der Waals surface area contributed by atoms with E-state index in [1.807, 2.05) is 25.1 Å². The SMILES string of the molecule is Cc1ccc(N)c(S(=O)CCN2CCN(C)CC2)c1. The van der Waals surface area contributed by atoms with E-state index in [1.165, 1.54) is 0 Å². The molecule has 2 N–H and O–H groups in total. The van der Waals surface area contributed by atoms with Crippen molar-refractivity contribution in [2.75, 3.05) is 51.3 Å². The lowest BCUT2D eigenvalue weighted by Crippen LogP contribution is -2.45. The standard InChI is InChI=1S/C14H23N3OS/c1-12-3-4-13(15)14(11-12)19(18)10-9-17-7-5-16(2)6-8-17/h3-4,11H,5-10,15H2,1-2H3. The van der Waals surface area contributed by atoms with Gasteiger partial charge in [0, 0.05) is 44.2 Å². The summed E-state index contributed by atoms with van der Waals surface area (Å²) in [5.41, 5.74) is 7.65. The van der Waals surface area contributed by atoms with E-state index in [4.69, 9.17) is 5.73 Å². The van der Waals surface area contributed by atoms with Crippen LogP contribution in [0.4, 0.5) is 5.69 Å². The van der Waals surface area contributed by atoms with Crippen LogP contribution in [0.25, 0.3) is 0 Å². The van der Waals surface area contributed by atoms with Crippen LogP contribution in [0.3, 0.4) is 0 Å². The lowest BCUT2D eigenvalue weighted by Gasteiger charge is -2.32. The number of hydrogen-bond donors (Lipinski definition) is 1. The summed E-state index contributed by atoms with van der Waals surface area (Å²) in [6.45, 7) is 7.21. The fourth-order valence-electron chi connectivity index (χ4n) is 2.23. The van der Waals surface area contributed by atoms with Crippen molar-refractivity contribution in [1.29, 1.82) is 0 Å². The van der Waals surface area contributed by atoms with Gasteiger partial charge in [-0.2, -0.15) is 0 Å². The maximum absolute atomic E-state index is 12.3. The molecule has 2 rings (SSSR count). The minimum absolute atomic E-state index is 0.641. The van der Waals surface area contributed by atoms with Crippen molar-refractivity contribution in [3.8, 4) is 0 Å². The van der Waals surface area contributed by atoms with E-state index in [-0.39, 0.29) is 0 Å². The third-order valence-electron chi connectivity index (χ3n) is 3.60. The molecule has 1 fully saturated rings. The van der Waals surface area contributed by atoms with Crippen molar-refractivity contribution in [2.24, 2.45) is 0 Å². The number of nitrogen functional groups attached to an aromatic ring is 1. The first-order valence-electron chi connectivity index (χ1n) is 6.71. The lowest BCUT2D eigenvalue weighted by molar-refractivity contribution is 0.161. The average molecular weight is 281 g/mol. The molecule has 5 heteroatoms. The monoisotopic (exact) mass is 281 g/mol. The minimum Gasteiger partial charge on any atom is -0.398 e. The molecule has 0 bridgehead atoms. The van der Waals surface area contributed by atoms with Crippen LogP contribution in [-0.4, -0.2) is 59.5 Å². The summed E-state index contributed by atoms with van der Waals surface area (Å²) in [6, 6.07) is 5.74. The Morgan fingerprint density at radius 2 is 1.95 bits per heavy atom. The fourth-order valence-corrected chi connectivity index (χ4v) is 3.52. The Morgan fingerprint density at radius 1 is 1.26 bits per heavy atom. The Morgan fingerprint density at radius 3 is 2.63 bits per heavy atom. The first-order valence-corrected chi connectivity index (χ1v) is 8.03. The summed E-state index contributed by atoms with van der Waals surface area (Å²) in [7, 11) is 1.15. The van der Waals surface area contributed by atoms with Crippen molar-refractivity contribution in [3.63, 3.8) is 0 Å². The van der Waals surface area contributed by atoms with Crippen molar-refractivity contribution >= 4 is 16.5 Å². The second-order valence-corrected chi connectivity index (χ2v) is 6.77. The van der Waals surface area contributed by atoms with E-state index in [2.05, 4.69) is 16.8 Å². The summed E-state index contributed by atoms with van der Waals surface area (Å²) >= 11 is 0. The van der Waals surface area contributed by atoms with E-state index in [0.717, 1.165) is 43.2 Å². The summed E-state index contributed by atoms with van der Waals surface area (Å²) in [6.07, 6.45) is 0. The van der Waals surface area contributed by atoms with Gasteiger partial charge in [0.05, 0.1) is 15.7 Å². The highest BCUT2D eigenvalue weighted by Crippen LogP contribution is 2.18. The van der Waals surface area contributed by atoms with E-state index >= 15 is 0 Å². The molecule has 1 atom stereocenters. The molecule has 0 amide bonds. The van der Waals surface area contributed by atoms with Crippen LogP contribution in [0.1, 0.15) is 5.56 Å². The fraction of sp³-hybridized carbons (Fsp3) is 0.571. The third kappa shape index (κ3) is 4.03. The zero-order chi connectivity index (χ0) is 13.8. The Balaban J connectivity index is 1.89. The molecule has 106 valence electrons. The van der Waals surface area contributed by atoms with Gasteiger partial charge in [-0.1, -0.05) is 6.07 Å². The predicted octanol–water partition coefficient (Wildman–Crippen LogP) is 0.932. The first kappa shape index (κ1) is 14.5. The molecule has 1 aliphatic heterocycles. The van der Waals surface area contributed by atoms with Gasteiger partial charge in [-0.25, -0.2) is 0 Å². The van der Waals surface area contributed by atoms with Crippen LogP contribution in [-0.2, 0) is 10.8 Å². The van der Waals surface area contributed by atoms with Gasteiger partial charge in [0.2, 0.25) is 0 Å². The normalized spacial score (nSPS) is 19.5. The molecule has 1 heterocycles. The van der Waals surface area contributed by atoms with E-state index in [0.29, 0.717) is 11.4 Å². The average Bonchev–Trinajstić information content (AvgIpc) is 2.40. The third-order valence-corrected chi connectivity index (χ3v) is 5.00. The van der Waals surface area contributed by atoms with Gasteiger partial charge < -0.3 is 10.6 Å². The molecule has 0 aromatic heterocycles. The Kier molecular flexibility index (Phi) is 4.96. The molecule has 1 saturated heterocycles. The number of nitrogens with zero attached hydrogens (tertiary/aromatic N) is 2. The van der Waals surface area contributed by atoms with E-state index in [9.17, 15) is 4.21 Å². The summed E-state index contributed by atoms with van der Waals surface area (Å²) in [5, 5.41) is 0. The van der Waals surface area contributed by atoms with Crippen LogP contribution in [0.5, 0.6) is 0 Å². The van der Waals surface area contributed by atoms with Crippen LogP contribution in [0, 0.1) is 6.92 Å². The molecule has 1 aromatic carbocycles. The van der Waals surface area contributed by atoms with Crippen LogP contribution in [0.15, 0.2) is 23.1 Å². The molecule has 1 aliphatic rings. The molecule has 0 saturated carbocycles. The maximum atomic E-state index is 12.3. The number of benzene rings is 1. The second-order valence-electron chi connectivity index (χ2n) is 5.24. The van der Waals surface area contributed by atoms with Crippen LogP contribution in [0.2, 0.25) is 0 Å². The number of likely N-dealkylation sites (N-methyl/N-ethyl adjacent to an activating group) is 1. The Hall–Kier alpha value is -0.910. The molecule has 19 heavy (non-hydrogen) atoms. The topological polar surface area (TPSA) is 49.6 Å². The lowest BCUT2D eigenvalue weighted by atomic mass is 10.2. The molecular formula is C14H23N3OS. The van der Waals surface area contributed by atoms with Gasteiger partial charge in [0.25, 0.3) is 0 Å². The number of piperazine rings is 1. The highest BCUT2D eigenvalue weighted by atomic mass is 32.2. The number of rotatable bonds is 4. The summed E-state index contributed by atoms with van der Waals surface area (Å²) < 4.78 is 12.3. The van der Waals surface area contributed by atoms with Gasteiger partial charge in [-0.15, -0.1) is 0 Å². The molecule has 0 radical (unpaired) electrons. The molecule has 0 spiro atoms.